The van der Waals surface area contributed by atoms with Gasteiger partial charge in [-0.2, -0.15) is 4.98 Å². The molecular weight excluding hydrogens is 318 g/mol. The van der Waals surface area contributed by atoms with Crippen LogP contribution >= 0.6 is 0 Å². The van der Waals surface area contributed by atoms with Gasteiger partial charge in [-0.15, -0.1) is 0 Å². The second-order valence-electron chi connectivity index (χ2n) is 7.21. The number of benzene rings is 1. The van der Waals surface area contributed by atoms with E-state index in [1.54, 1.807) is 0 Å². The van der Waals surface area contributed by atoms with Crippen LogP contribution in [-0.2, 0) is 17.7 Å². The van der Waals surface area contributed by atoms with Crippen LogP contribution in [0.15, 0.2) is 28.8 Å². The Balaban J connectivity index is 1.45. The number of ether oxygens (including phenoxy) is 1. The van der Waals surface area contributed by atoms with Gasteiger partial charge in [0.05, 0.1) is 25.2 Å². The van der Waals surface area contributed by atoms with Crippen molar-refractivity contribution in [1.29, 1.82) is 0 Å². The zero-order chi connectivity index (χ0) is 17.1. The molecule has 1 N–H and O–H groups in total. The maximum Gasteiger partial charge on any atom is 0.229 e. The van der Waals surface area contributed by atoms with Crippen LogP contribution in [0.4, 0.5) is 0 Å². The summed E-state index contributed by atoms with van der Waals surface area (Å²) in [5, 5.41) is 14.6. The van der Waals surface area contributed by atoms with E-state index in [1.807, 2.05) is 12.1 Å². The molecule has 0 bridgehead atoms. The molecule has 0 spiro atoms. The molecule has 4 rings (SSSR count). The molecule has 25 heavy (non-hydrogen) atoms. The summed E-state index contributed by atoms with van der Waals surface area (Å²) in [7, 11) is 0. The first kappa shape index (κ1) is 16.7. The Morgan fingerprint density at radius 1 is 1.16 bits per heavy atom. The third kappa shape index (κ3) is 4.08. The van der Waals surface area contributed by atoms with Crippen molar-refractivity contribution in [2.45, 2.75) is 44.2 Å². The number of hydrogen-bond donors (Lipinski definition) is 1. The van der Waals surface area contributed by atoms with E-state index >= 15 is 0 Å². The summed E-state index contributed by atoms with van der Waals surface area (Å²) in [6.07, 6.45) is 4.23. The number of hydrogen-bond acceptors (Lipinski definition) is 6. The minimum atomic E-state index is -0.665. The average molecular weight is 343 g/mol. The van der Waals surface area contributed by atoms with Crippen molar-refractivity contribution in [3.05, 3.63) is 35.7 Å². The molecule has 2 aromatic rings. The molecule has 2 aliphatic rings. The van der Waals surface area contributed by atoms with Gasteiger partial charge in [0.1, 0.15) is 0 Å². The second kappa shape index (κ2) is 7.23. The highest BCUT2D eigenvalue weighted by Crippen LogP contribution is 2.32. The molecular formula is C19H25N3O3. The summed E-state index contributed by atoms with van der Waals surface area (Å²) in [5.74, 6) is 1.12. The van der Waals surface area contributed by atoms with E-state index < -0.39 is 5.60 Å². The van der Waals surface area contributed by atoms with E-state index in [2.05, 4.69) is 27.2 Å². The molecule has 6 nitrogen and oxygen atoms in total. The van der Waals surface area contributed by atoms with Gasteiger partial charge in [-0.25, -0.2) is 0 Å². The number of aliphatic hydroxyl groups is 1. The van der Waals surface area contributed by atoms with Crippen molar-refractivity contribution in [2.24, 2.45) is 0 Å². The van der Waals surface area contributed by atoms with E-state index in [-0.39, 0.29) is 0 Å². The summed E-state index contributed by atoms with van der Waals surface area (Å²) < 4.78 is 10.8. The minimum absolute atomic E-state index is 0.452. The van der Waals surface area contributed by atoms with Gasteiger partial charge in [-0.05, 0) is 24.5 Å². The summed E-state index contributed by atoms with van der Waals surface area (Å²) in [4.78, 5) is 6.89. The number of rotatable bonds is 5. The molecule has 1 saturated heterocycles. The van der Waals surface area contributed by atoms with Gasteiger partial charge in [-0.1, -0.05) is 36.2 Å². The van der Waals surface area contributed by atoms with E-state index in [0.29, 0.717) is 18.1 Å². The Hall–Kier alpha value is -1.76. The molecule has 1 aliphatic heterocycles. The Morgan fingerprint density at radius 2 is 1.96 bits per heavy atom. The van der Waals surface area contributed by atoms with Crippen LogP contribution < -0.4 is 0 Å². The fourth-order valence-corrected chi connectivity index (χ4v) is 3.76. The largest absolute Gasteiger partial charge is 0.389 e. The lowest BCUT2D eigenvalue weighted by Gasteiger charge is -2.26. The average Bonchev–Trinajstić information content (AvgIpc) is 3.26. The van der Waals surface area contributed by atoms with E-state index in [4.69, 9.17) is 9.26 Å². The van der Waals surface area contributed by atoms with Crippen molar-refractivity contribution >= 4 is 0 Å². The fourth-order valence-electron chi connectivity index (χ4n) is 3.76. The summed E-state index contributed by atoms with van der Waals surface area (Å²) in [6, 6.07) is 8.28. The van der Waals surface area contributed by atoms with Crippen LogP contribution in [-0.4, -0.2) is 52.1 Å². The molecule has 2 fully saturated rings. The third-order valence-electron chi connectivity index (χ3n) is 5.18. The standard InChI is InChI=1S/C19H25N3O3/c23-19(6-1-2-7-19)13-17-20-18(21-25-17)16-5-3-4-15(12-16)14-22-8-10-24-11-9-22/h3-5,12,23H,1-2,6-11,13-14H2. The Bertz CT molecular complexity index is 703. The maximum absolute atomic E-state index is 10.5. The second-order valence-corrected chi connectivity index (χ2v) is 7.21. The molecule has 0 atom stereocenters. The quantitative estimate of drug-likeness (QED) is 0.899. The molecule has 2 heterocycles. The van der Waals surface area contributed by atoms with Gasteiger partial charge >= 0.3 is 0 Å². The smallest absolute Gasteiger partial charge is 0.229 e. The van der Waals surface area contributed by atoms with Crippen LogP contribution in [0, 0.1) is 0 Å². The van der Waals surface area contributed by atoms with Gasteiger partial charge in [0, 0.05) is 25.2 Å². The number of morpholine rings is 1. The Labute approximate surface area is 147 Å². The van der Waals surface area contributed by atoms with Crippen LogP contribution in [0.5, 0.6) is 0 Å². The predicted octanol–water partition coefficient (Wildman–Crippen LogP) is 2.42. The van der Waals surface area contributed by atoms with E-state index in [1.165, 1.54) is 5.56 Å². The highest BCUT2D eigenvalue weighted by molar-refractivity contribution is 5.55. The molecule has 0 unspecified atom stereocenters. The highest BCUT2D eigenvalue weighted by Gasteiger charge is 2.33. The van der Waals surface area contributed by atoms with Gasteiger partial charge in [0.25, 0.3) is 0 Å². The van der Waals surface area contributed by atoms with Crippen molar-refractivity contribution in [3.8, 4) is 11.4 Å². The first-order valence-electron chi connectivity index (χ1n) is 9.15. The first-order valence-corrected chi connectivity index (χ1v) is 9.15. The lowest BCUT2D eigenvalue weighted by atomic mass is 9.98. The van der Waals surface area contributed by atoms with Crippen molar-refractivity contribution in [1.82, 2.24) is 15.0 Å². The lowest BCUT2D eigenvalue weighted by Crippen LogP contribution is -2.35. The normalized spacial score (nSPS) is 20.8. The monoisotopic (exact) mass is 343 g/mol. The molecule has 1 aromatic carbocycles. The summed E-state index contributed by atoms with van der Waals surface area (Å²) in [6.45, 7) is 4.44. The van der Waals surface area contributed by atoms with E-state index in [0.717, 1.165) is 64.1 Å². The van der Waals surface area contributed by atoms with Crippen LogP contribution in [0.25, 0.3) is 11.4 Å². The van der Waals surface area contributed by atoms with Gasteiger partial charge in [0.2, 0.25) is 11.7 Å². The minimum Gasteiger partial charge on any atom is -0.389 e. The third-order valence-corrected chi connectivity index (χ3v) is 5.18. The van der Waals surface area contributed by atoms with Crippen LogP contribution in [0.1, 0.15) is 37.1 Å². The molecule has 0 radical (unpaired) electrons. The Morgan fingerprint density at radius 3 is 2.76 bits per heavy atom. The number of aromatic nitrogens is 2. The molecule has 1 aromatic heterocycles. The SMILES string of the molecule is OC1(Cc2nc(-c3cccc(CN4CCOCC4)c3)no2)CCCC1. The topological polar surface area (TPSA) is 71.6 Å². The van der Waals surface area contributed by atoms with Gasteiger partial charge in [-0.3, -0.25) is 4.90 Å². The van der Waals surface area contributed by atoms with Crippen LogP contribution in [0.3, 0.4) is 0 Å². The molecule has 134 valence electrons. The fraction of sp³-hybridized carbons (Fsp3) is 0.579. The zero-order valence-corrected chi connectivity index (χ0v) is 14.5. The van der Waals surface area contributed by atoms with Crippen molar-refractivity contribution in [2.75, 3.05) is 26.3 Å². The Kier molecular flexibility index (Phi) is 4.83. The highest BCUT2D eigenvalue weighted by atomic mass is 16.5. The van der Waals surface area contributed by atoms with Crippen LogP contribution in [0.2, 0.25) is 0 Å². The first-order chi connectivity index (χ1) is 12.2. The van der Waals surface area contributed by atoms with E-state index in [9.17, 15) is 5.11 Å². The summed E-state index contributed by atoms with van der Waals surface area (Å²) >= 11 is 0. The summed E-state index contributed by atoms with van der Waals surface area (Å²) in [5.41, 5.74) is 1.53. The van der Waals surface area contributed by atoms with Crippen molar-refractivity contribution < 1.29 is 14.4 Å². The number of nitrogens with zero attached hydrogens (tertiary/aromatic N) is 3. The van der Waals surface area contributed by atoms with Gasteiger partial charge in [0.15, 0.2) is 0 Å². The zero-order valence-electron chi connectivity index (χ0n) is 14.5. The molecule has 6 heteroatoms. The lowest BCUT2D eigenvalue weighted by molar-refractivity contribution is 0.0342. The molecule has 1 aliphatic carbocycles. The maximum atomic E-state index is 10.5. The predicted molar refractivity (Wildman–Crippen MR) is 93.0 cm³/mol. The molecule has 1 saturated carbocycles. The molecule has 0 amide bonds. The van der Waals surface area contributed by atoms with Gasteiger partial charge < -0.3 is 14.4 Å². The van der Waals surface area contributed by atoms with Crippen molar-refractivity contribution in [3.63, 3.8) is 0 Å².